The first-order valence-electron chi connectivity index (χ1n) is 7.74. The maximum absolute atomic E-state index is 12.1. The molecule has 23 heavy (non-hydrogen) atoms. The highest BCUT2D eigenvalue weighted by Gasteiger charge is 2.27. The second-order valence-electron chi connectivity index (χ2n) is 5.65. The fraction of sp³-hybridized carbons (Fsp3) is 0.412. The first-order chi connectivity index (χ1) is 11.1. The molecule has 0 aliphatic carbocycles. The fourth-order valence-corrected chi connectivity index (χ4v) is 3.32. The van der Waals surface area contributed by atoms with Crippen LogP contribution in [0.1, 0.15) is 19.4 Å². The van der Waals surface area contributed by atoms with Crippen molar-refractivity contribution >= 4 is 28.9 Å². The second kappa shape index (κ2) is 7.19. The Morgan fingerprint density at radius 3 is 2.61 bits per heavy atom. The van der Waals surface area contributed by atoms with Gasteiger partial charge >= 0.3 is 0 Å². The molecule has 3 rings (SSSR count). The highest BCUT2D eigenvalue weighted by atomic mass is 32.2. The lowest BCUT2D eigenvalue weighted by molar-refractivity contribution is -0.113. The summed E-state index contributed by atoms with van der Waals surface area (Å²) in [7, 11) is 0. The third-order valence-electron chi connectivity index (χ3n) is 3.44. The number of hydrogen-bond acceptors (Lipinski definition) is 5. The summed E-state index contributed by atoms with van der Waals surface area (Å²) in [6.07, 6.45) is 2.03. The molecule has 2 heterocycles. The molecule has 0 spiro atoms. The molecule has 0 unspecified atom stereocenters. The number of morpholine rings is 1. The van der Waals surface area contributed by atoms with E-state index < -0.39 is 0 Å². The van der Waals surface area contributed by atoms with Crippen LogP contribution in [-0.4, -0.2) is 48.4 Å². The number of thioether (sulfide) groups is 1. The van der Waals surface area contributed by atoms with Crippen molar-refractivity contribution in [2.75, 3.05) is 26.3 Å². The van der Waals surface area contributed by atoms with Crippen molar-refractivity contribution < 1.29 is 14.3 Å². The van der Waals surface area contributed by atoms with E-state index in [0.29, 0.717) is 18.1 Å². The second-order valence-corrected chi connectivity index (χ2v) is 6.65. The van der Waals surface area contributed by atoms with Gasteiger partial charge in [-0.1, -0.05) is 12.1 Å². The molecule has 0 aromatic heterocycles. The summed E-state index contributed by atoms with van der Waals surface area (Å²) in [6, 6.07) is 7.73. The minimum atomic E-state index is -0.168. The first-order valence-corrected chi connectivity index (χ1v) is 8.55. The van der Waals surface area contributed by atoms with E-state index in [1.807, 2.05) is 44.2 Å². The Kier molecular flexibility index (Phi) is 5.03. The summed E-state index contributed by atoms with van der Waals surface area (Å²) in [5, 5.41) is 0.782. The minimum Gasteiger partial charge on any atom is -0.491 e. The third kappa shape index (κ3) is 4.14. The van der Waals surface area contributed by atoms with Crippen molar-refractivity contribution in [2.45, 2.75) is 20.0 Å². The monoisotopic (exact) mass is 332 g/mol. The van der Waals surface area contributed by atoms with Crippen LogP contribution in [0.15, 0.2) is 34.2 Å². The first kappa shape index (κ1) is 16.1. The van der Waals surface area contributed by atoms with Crippen LogP contribution in [0.5, 0.6) is 5.75 Å². The summed E-state index contributed by atoms with van der Waals surface area (Å²) >= 11 is 1.44. The topological polar surface area (TPSA) is 51.1 Å². The van der Waals surface area contributed by atoms with Crippen LogP contribution in [0.2, 0.25) is 0 Å². The molecule has 1 amide bonds. The van der Waals surface area contributed by atoms with E-state index in [9.17, 15) is 4.79 Å². The fourth-order valence-electron chi connectivity index (χ4n) is 2.35. The van der Waals surface area contributed by atoms with Crippen LogP contribution in [0, 0.1) is 0 Å². The highest BCUT2D eigenvalue weighted by Crippen LogP contribution is 2.30. The molecule has 0 saturated carbocycles. The summed E-state index contributed by atoms with van der Waals surface area (Å²) < 4.78 is 11.0. The van der Waals surface area contributed by atoms with Gasteiger partial charge in [0.1, 0.15) is 5.75 Å². The van der Waals surface area contributed by atoms with Crippen molar-refractivity contribution in [3.05, 3.63) is 34.7 Å². The van der Waals surface area contributed by atoms with Gasteiger partial charge in [-0.3, -0.25) is 4.79 Å². The van der Waals surface area contributed by atoms with Gasteiger partial charge in [0.2, 0.25) is 0 Å². The Hall–Kier alpha value is -1.79. The lowest BCUT2D eigenvalue weighted by Crippen LogP contribution is -2.38. The standard InChI is InChI=1S/C17H20N2O3S/c1-12(2)22-14-5-3-13(4-6-14)11-15-16(20)18-17(23-15)19-7-9-21-10-8-19/h3-6,11-12H,7-10H2,1-2H3. The molecule has 2 aliphatic heterocycles. The quantitative estimate of drug-likeness (QED) is 0.797. The van der Waals surface area contributed by atoms with Gasteiger partial charge in [-0.05, 0) is 49.4 Å². The van der Waals surface area contributed by atoms with Crippen molar-refractivity contribution in [2.24, 2.45) is 4.99 Å². The van der Waals surface area contributed by atoms with Gasteiger partial charge < -0.3 is 14.4 Å². The van der Waals surface area contributed by atoms with Crippen molar-refractivity contribution in [3.8, 4) is 5.75 Å². The minimum absolute atomic E-state index is 0.149. The molecule has 122 valence electrons. The van der Waals surface area contributed by atoms with Crippen LogP contribution < -0.4 is 4.74 Å². The lowest BCUT2D eigenvalue weighted by Gasteiger charge is -2.27. The van der Waals surface area contributed by atoms with Crippen molar-refractivity contribution in [1.29, 1.82) is 0 Å². The van der Waals surface area contributed by atoms with E-state index in [4.69, 9.17) is 9.47 Å². The number of carbonyl (C=O) groups is 1. The highest BCUT2D eigenvalue weighted by molar-refractivity contribution is 8.18. The normalized spacial score (nSPS) is 20.3. The molecule has 1 aromatic carbocycles. The third-order valence-corrected chi connectivity index (χ3v) is 4.48. The van der Waals surface area contributed by atoms with Crippen molar-refractivity contribution in [3.63, 3.8) is 0 Å². The summed E-state index contributed by atoms with van der Waals surface area (Å²) in [6.45, 7) is 6.93. The Balaban J connectivity index is 1.67. The molecule has 1 saturated heterocycles. The maximum Gasteiger partial charge on any atom is 0.286 e. The summed E-state index contributed by atoms with van der Waals surface area (Å²) in [4.78, 5) is 19.0. The van der Waals surface area contributed by atoms with E-state index in [1.165, 1.54) is 11.8 Å². The van der Waals surface area contributed by atoms with E-state index in [1.54, 1.807) is 0 Å². The summed E-state index contributed by atoms with van der Waals surface area (Å²) in [5.41, 5.74) is 0.968. The number of carbonyl (C=O) groups excluding carboxylic acids is 1. The number of benzene rings is 1. The van der Waals surface area contributed by atoms with Gasteiger partial charge in [-0.15, -0.1) is 0 Å². The maximum atomic E-state index is 12.1. The number of rotatable bonds is 3. The zero-order valence-corrected chi connectivity index (χ0v) is 14.1. The van der Waals surface area contributed by atoms with E-state index in [-0.39, 0.29) is 12.0 Å². The van der Waals surface area contributed by atoms with E-state index in [0.717, 1.165) is 29.6 Å². The molecular formula is C17H20N2O3S. The van der Waals surface area contributed by atoms with Crippen LogP contribution in [-0.2, 0) is 9.53 Å². The molecule has 1 aromatic rings. The van der Waals surface area contributed by atoms with E-state index in [2.05, 4.69) is 9.89 Å². The number of nitrogens with zero attached hydrogens (tertiary/aromatic N) is 2. The van der Waals surface area contributed by atoms with Gasteiger partial charge in [-0.25, -0.2) is 0 Å². The Bertz CT molecular complexity index is 632. The smallest absolute Gasteiger partial charge is 0.286 e. The van der Waals surface area contributed by atoms with Gasteiger partial charge in [0.15, 0.2) is 5.17 Å². The average Bonchev–Trinajstić information content (AvgIpc) is 2.91. The molecule has 6 heteroatoms. The molecular weight excluding hydrogens is 312 g/mol. The molecule has 2 aliphatic rings. The number of hydrogen-bond donors (Lipinski definition) is 0. The molecule has 0 atom stereocenters. The zero-order chi connectivity index (χ0) is 16.2. The van der Waals surface area contributed by atoms with Crippen LogP contribution in [0.25, 0.3) is 6.08 Å². The predicted molar refractivity (Wildman–Crippen MR) is 92.6 cm³/mol. The van der Waals surface area contributed by atoms with Gasteiger partial charge in [0.05, 0.1) is 24.2 Å². The molecule has 0 N–H and O–H groups in total. The van der Waals surface area contributed by atoms with Crippen molar-refractivity contribution in [1.82, 2.24) is 4.90 Å². The number of amidine groups is 1. The SMILES string of the molecule is CC(C)Oc1ccc(C=C2SC(N3CCOCC3)=NC2=O)cc1. The molecule has 0 radical (unpaired) electrons. The molecule has 5 nitrogen and oxygen atoms in total. The number of aliphatic imine (C=N–C) groups is 1. The van der Waals surface area contributed by atoms with Crippen LogP contribution >= 0.6 is 11.8 Å². The predicted octanol–water partition coefficient (Wildman–Crippen LogP) is 2.78. The zero-order valence-electron chi connectivity index (χ0n) is 13.3. The number of ether oxygens (including phenoxy) is 2. The Morgan fingerprint density at radius 2 is 1.96 bits per heavy atom. The average molecular weight is 332 g/mol. The molecule has 0 bridgehead atoms. The van der Waals surface area contributed by atoms with Crippen LogP contribution in [0.4, 0.5) is 0 Å². The summed E-state index contributed by atoms with van der Waals surface area (Å²) in [5.74, 6) is 0.664. The van der Waals surface area contributed by atoms with Gasteiger partial charge in [0, 0.05) is 13.1 Å². The van der Waals surface area contributed by atoms with E-state index >= 15 is 0 Å². The van der Waals surface area contributed by atoms with Gasteiger partial charge in [0.25, 0.3) is 5.91 Å². The molecule has 1 fully saturated rings. The Morgan fingerprint density at radius 1 is 1.26 bits per heavy atom. The number of amides is 1. The largest absolute Gasteiger partial charge is 0.491 e. The lowest BCUT2D eigenvalue weighted by atomic mass is 10.2. The Labute approximate surface area is 140 Å². The van der Waals surface area contributed by atoms with Gasteiger partial charge in [-0.2, -0.15) is 4.99 Å². The van der Waals surface area contributed by atoms with Crippen LogP contribution in [0.3, 0.4) is 0 Å².